The van der Waals surface area contributed by atoms with Crippen LogP contribution in [-0.4, -0.2) is 40.4 Å². The standard InChI is InChI=1S/C19H25ClN2O2/c1-14-19-4-3-9-21(19)10-11-22(14)12-18(23)13-24-15(2)16-5-7-17(20)8-6-16/h3-9,14-15,18,23H,10-13H2,1-2H3/t14-,15+,18+/m1/s1. The van der Waals surface area contributed by atoms with Gasteiger partial charge in [-0.3, -0.25) is 4.90 Å². The van der Waals surface area contributed by atoms with Crippen LogP contribution in [0, 0.1) is 0 Å². The maximum atomic E-state index is 10.4. The smallest absolute Gasteiger partial charge is 0.0900 e. The molecule has 2 heterocycles. The molecule has 0 saturated heterocycles. The van der Waals surface area contributed by atoms with Gasteiger partial charge in [-0.05, 0) is 43.7 Å². The van der Waals surface area contributed by atoms with Crippen molar-refractivity contribution in [2.45, 2.75) is 38.6 Å². The SMILES string of the molecule is C[C@H](OC[C@@H](O)CN1CCn2cccc2[C@H]1C)c1ccc(Cl)cc1. The van der Waals surface area contributed by atoms with E-state index in [1.807, 2.05) is 31.2 Å². The van der Waals surface area contributed by atoms with E-state index in [0.717, 1.165) is 23.7 Å². The van der Waals surface area contributed by atoms with Crippen molar-refractivity contribution in [3.63, 3.8) is 0 Å². The molecule has 5 heteroatoms. The first-order valence-corrected chi connectivity index (χ1v) is 8.86. The van der Waals surface area contributed by atoms with E-state index in [4.69, 9.17) is 16.3 Å². The van der Waals surface area contributed by atoms with E-state index in [9.17, 15) is 5.11 Å². The molecule has 1 aromatic heterocycles. The van der Waals surface area contributed by atoms with Crippen molar-refractivity contribution in [1.29, 1.82) is 0 Å². The first-order chi connectivity index (χ1) is 11.5. The minimum atomic E-state index is -0.497. The molecule has 1 N–H and O–H groups in total. The molecule has 0 spiro atoms. The lowest BCUT2D eigenvalue weighted by Gasteiger charge is -2.36. The topological polar surface area (TPSA) is 37.6 Å². The zero-order valence-electron chi connectivity index (χ0n) is 14.2. The zero-order chi connectivity index (χ0) is 17.1. The summed E-state index contributed by atoms with van der Waals surface area (Å²) in [6.45, 7) is 7.06. The molecule has 1 aliphatic rings. The molecule has 130 valence electrons. The monoisotopic (exact) mass is 348 g/mol. The molecule has 0 fully saturated rings. The molecule has 0 bridgehead atoms. The summed E-state index contributed by atoms with van der Waals surface area (Å²) in [4.78, 5) is 2.32. The van der Waals surface area contributed by atoms with Crippen molar-refractivity contribution in [1.82, 2.24) is 9.47 Å². The highest BCUT2D eigenvalue weighted by Crippen LogP contribution is 2.25. The second-order valence-corrected chi connectivity index (χ2v) is 6.91. The van der Waals surface area contributed by atoms with Crippen LogP contribution in [0.3, 0.4) is 0 Å². The summed E-state index contributed by atoms with van der Waals surface area (Å²) in [5, 5.41) is 11.1. The lowest BCUT2D eigenvalue weighted by molar-refractivity contribution is -0.0230. The minimum absolute atomic E-state index is 0.0621. The Morgan fingerprint density at radius 3 is 2.75 bits per heavy atom. The fraction of sp³-hybridized carbons (Fsp3) is 0.474. The number of halogens is 1. The van der Waals surface area contributed by atoms with Crippen LogP contribution in [0.15, 0.2) is 42.6 Å². The van der Waals surface area contributed by atoms with Crippen LogP contribution in [0.25, 0.3) is 0 Å². The van der Waals surface area contributed by atoms with Gasteiger partial charge in [0.15, 0.2) is 0 Å². The number of aliphatic hydroxyl groups excluding tert-OH is 1. The molecule has 0 saturated carbocycles. The van der Waals surface area contributed by atoms with E-state index in [0.29, 0.717) is 19.2 Å². The normalized spacial score (nSPS) is 20.6. The van der Waals surface area contributed by atoms with E-state index >= 15 is 0 Å². The average Bonchev–Trinajstić information content (AvgIpc) is 3.05. The zero-order valence-corrected chi connectivity index (χ0v) is 15.0. The number of hydrogen-bond donors (Lipinski definition) is 1. The van der Waals surface area contributed by atoms with Crippen LogP contribution in [0.5, 0.6) is 0 Å². The van der Waals surface area contributed by atoms with Gasteiger partial charge in [-0.2, -0.15) is 0 Å². The highest BCUT2D eigenvalue weighted by molar-refractivity contribution is 6.30. The Morgan fingerprint density at radius 1 is 1.25 bits per heavy atom. The lowest BCUT2D eigenvalue weighted by Crippen LogP contribution is -2.42. The number of nitrogens with zero attached hydrogens (tertiary/aromatic N) is 2. The van der Waals surface area contributed by atoms with Crippen molar-refractivity contribution in [3.8, 4) is 0 Å². The van der Waals surface area contributed by atoms with Crippen LogP contribution in [0.1, 0.15) is 37.3 Å². The Morgan fingerprint density at radius 2 is 2.00 bits per heavy atom. The summed E-state index contributed by atoms with van der Waals surface area (Å²) < 4.78 is 8.12. The number of ether oxygens (including phenoxy) is 1. The predicted octanol–water partition coefficient (Wildman–Crippen LogP) is 3.66. The predicted molar refractivity (Wildman–Crippen MR) is 96.2 cm³/mol. The van der Waals surface area contributed by atoms with E-state index in [1.54, 1.807) is 0 Å². The average molecular weight is 349 g/mol. The molecule has 1 aliphatic heterocycles. The van der Waals surface area contributed by atoms with Gasteiger partial charge in [0.1, 0.15) is 0 Å². The van der Waals surface area contributed by atoms with E-state index in [1.165, 1.54) is 5.69 Å². The molecule has 24 heavy (non-hydrogen) atoms. The van der Waals surface area contributed by atoms with E-state index in [2.05, 4.69) is 34.7 Å². The minimum Gasteiger partial charge on any atom is -0.389 e. The van der Waals surface area contributed by atoms with E-state index in [-0.39, 0.29) is 6.10 Å². The number of aliphatic hydroxyl groups is 1. The molecule has 0 radical (unpaired) electrons. The molecule has 0 aliphatic carbocycles. The van der Waals surface area contributed by atoms with Gasteiger partial charge < -0.3 is 14.4 Å². The Balaban J connectivity index is 1.49. The number of aromatic nitrogens is 1. The van der Waals surface area contributed by atoms with Gasteiger partial charge in [0.2, 0.25) is 0 Å². The summed E-state index contributed by atoms with van der Waals surface area (Å²) in [7, 11) is 0. The van der Waals surface area contributed by atoms with Gasteiger partial charge in [0, 0.05) is 42.6 Å². The van der Waals surface area contributed by atoms with Crippen molar-refractivity contribution < 1.29 is 9.84 Å². The van der Waals surface area contributed by atoms with Crippen LogP contribution in [0.4, 0.5) is 0 Å². The maximum Gasteiger partial charge on any atom is 0.0900 e. The first-order valence-electron chi connectivity index (χ1n) is 8.49. The fourth-order valence-corrected chi connectivity index (χ4v) is 3.41. The molecule has 2 aromatic rings. The third-order valence-corrected chi connectivity index (χ3v) is 5.04. The van der Waals surface area contributed by atoms with Crippen LogP contribution >= 0.6 is 11.6 Å². The molecule has 0 amide bonds. The van der Waals surface area contributed by atoms with Gasteiger partial charge in [-0.25, -0.2) is 0 Å². The highest BCUT2D eigenvalue weighted by Gasteiger charge is 2.25. The lowest BCUT2D eigenvalue weighted by atomic mass is 10.1. The van der Waals surface area contributed by atoms with Crippen molar-refractivity contribution in [2.24, 2.45) is 0 Å². The Kier molecular flexibility index (Phi) is 5.61. The summed E-state index contributed by atoms with van der Waals surface area (Å²) in [5.41, 5.74) is 2.37. The molecule has 0 unspecified atom stereocenters. The van der Waals surface area contributed by atoms with Crippen molar-refractivity contribution >= 4 is 11.6 Å². The van der Waals surface area contributed by atoms with Gasteiger partial charge in [0.25, 0.3) is 0 Å². The summed E-state index contributed by atoms with van der Waals surface area (Å²) in [5.74, 6) is 0. The Hall–Kier alpha value is -1.33. The molecule has 3 rings (SSSR count). The van der Waals surface area contributed by atoms with Gasteiger partial charge in [-0.15, -0.1) is 0 Å². The van der Waals surface area contributed by atoms with Crippen LogP contribution in [0.2, 0.25) is 5.02 Å². The number of benzene rings is 1. The quantitative estimate of drug-likeness (QED) is 0.865. The first kappa shape index (κ1) is 17.5. The molecular weight excluding hydrogens is 324 g/mol. The van der Waals surface area contributed by atoms with Crippen LogP contribution in [-0.2, 0) is 11.3 Å². The number of β-amino-alcohol motifs (C(OH)–C–C–N with tert-alkyl or cyclic N) is 1. The van der Waals surface area contributed by atoms with Gasteiger partial charge in [-0.1, -0.05) is 23.7 Å². The summed E-state index contributed by atoms with van der Waals surface area (Å²) >= 11 is 5.91. The number of rotatable bonds is 6. The van der Waals surface area contributed by atoms with Crippen molar-refractivity contribution in [3.05, 3.63) is 58.9 Å². The van der Waals surface area contributed by atoms with Gasteiger partial charge >= 0.3 is 0 Å². The fourth-order valence-electron chi connectivity index (χ4n) is 3.29. The maximum absolute atomic E-state index is 10.4. The number of hydrogen-bond acceptors (Lipinski definition) is 3. The largest absolute Gasteiger partial charge is 0.389 e. The molecular formula is C19H25ClN2O2. The summed E-state index contributed by atoms with van der Waals surface area (Å²) in [6.07, 6.45) is 1.56. The van der Waals surface area contributed by atoms with Crippen molar-refractivity contribution in [2.75, 3.05) is 19.7 Å². The third-order valence-electron chi connectivity index (χ3n) is 4.79. The Bertz CT molecular complexity index is 656. The summed E-state index contributed by atoms with van der Waals surface area (Å²) in [6, 6.07) is 12.2. The molecule has 1 aromatic carbocycles. The van der Waals surface area contributed by atoms with Gasteiger partial charge in [0.05, 0.1) is 18.8 Å². The van der Waals surface area contributed by atoms with Crippen LogP contribution < -0.4 is 0 Å². The Labute approximate surface area is 148 Å². The molecule has 4 nitrogen and oxygen atoms in total. The second-order valence-electron chi connectivity index (χ2n) is 6.48. The third kappa shape index (κ3) is 4.01. The number of fused-ring (bicyclic) bond motifs is 1. The van der Waals surface area contributed by atoms with E-state index < -0.39 is 6.10 Å². The second kappa shape index (κ2) is 7.70. The molecule has 3 atom stereocenters. The highest BCUT2D eigenvalue weighted by atomic mass is 35.5.